The molecule has 3 rings (SSSR count). The minimum absolute atomic E-state index is 0.363. The number of amides is 2. The van der Waals surface area contributed by atoms with Gasteiger partial charge in [-0.3, -0.25) is 15.0 Å². The van der Waals surface area contributed by atoms with Crippen LogP contribution >= 0.6 is 0 Å². The summed E-state index contributed by atoms with van der Waals surface area (Å²) < 4.78 is 14.7. The Morgan fingerprint density at radius 3 is 2.30 bits per heavy atom. The number of hydrazine groups is 1. The van der Waals surface area contributed by atoms with Crippen molar-refractivity contribution in [3.8, 4) is 0 Å². The van der Waals surface area contributed by atoms with Crippen molar-refractivity contribution in [1.82, 2.24) is 15.4 Å². The molecule has 6 nitrogen and oxygen atoms in total. The van der Waals surface area contributed by atoms with Gasteiger partial charge in [-0.25, -0.2) is 9.82 Å². The fraction of sp³-hybridized carbons (Fsp3) is 0.100. The number of anilines is 1. The Bertz CT molecular complexity index is 923. The molecule has 0 saturated carbocycles. The quantitative estimate of drug-likeness (QED) is 0.587. The van der Waals surface area contributed by atoms with Crippen LogP contribution < -0.4 is 16.2 Å². The number of hydrogen-bond acceptors (Lipinski definition) is 3. The van der Waals surface area contributed by atoms with Crippen LogP contribution in [-0.2, 0) is 11.8 Å². The highest BCUT2D eigenvalue weighted by Crippen LogP contribution is 2.16. The minimum atomic E-state index is -0.833. The topological polar surface area (TPSA) is 75.2 Å². The summed E-state index contributed by atoms with van der Waals surface area (Å²) >= 11 is 0. The number of carbonyl (C=O) groups excluding carboxylic acids is 2. The molecule has 27 heavy (non-hydrogen) atoms. The summed E-state index contributed by atoms with van der Waals surface area (Å²) in [5.41, 5.74) is 6.93. The molecule has 1 atom stereocenters. The van der Waals surface area contributed by atoms with Crippen LogP contribution in [-0.4, -0.2) is 16.4 Å². The van der Waals surface area contributed by atoms with Gasteiger partial charge in [0.15, 0.2) is 0 Å². The molecule has 0 bridgehead atoms. The molecule has 2 amide bonds. The highest BCUT2D eigenvalue weighted by molar-refractivity contribution is 5.96. The molecule has 0 aliphatic rings. The third-order valence-corrected chi connectivity index (χ3v) is 4.01. The standard InChI is InChI=1S/C20H19FN4O2/c1-25-13-5-8-17(25)19(26)24-23-18(14-6-3-2-4-7-14)20(27)22-16-11-9-15(21)10-12-16/h2-13,18,23H,1H3,(H,22,27)(H,24,26)/t18-/m0/s1. The van der Waals surface area contributed by atoms with Crippen molar-refractivity contribution in [2.75, 3.05) is 5.32 Å². The summed E-state index contributed by atoms with van der Waals surface area (Å²) in [6.07, 6.45) is 1.75. The molecule has 2 aromatic carbocycles. The zero-order valence-corrected chi connectivity index (χ0v) is 14.6. The van der Waals surface area contributed by atoms with Gasteiger partial charge in [-0.05, 0) is 42.0 Å². The van der Waals surface area contributed by atoms with Crippen molar-refractivity contribution in [2.24, 2.45) is 7.05 Å². The number of hydrogen-bond donors (Lipinski definition) is 3. The number of benzene rings is 2. The Kier molecular flexibility index (Phi) is 5.63. The first kappa shape index (κ1) is 18.3. The highest BCUT2D eigenvalue weighted by Gasteiger charge is 2.22. The predicted molar refractivity (Wildman–Crippen MR) is 100 cm³/mol. The first-order valence-electron chi connectivity index (χ1n) is 8.33. The van der Waals surface area contributed by atoms with Crippen LogP contribution in [0.1, 0.15) is 22.1 Å². The van der Waals surface area contributed by atoms with Gasteiger partial charge >= 0.3 is 0 Å². The number of aromatic nitrogens is 1. The zero-order chi connectivity index (χ0) is 19.2. The summed E-state index contributed by atoms with van der Waals surface area (Å²) in [5.74, 6) is -1.14. The van der Waals surface area contributed by atoms with Crippen molar-refractivity contribution in [1.29, 1.82) is 0 Å². The molecule has 3 N–H and O–H groups in total. The number of nitrogens with zero attached hydrogens (tertiary/aromatic N) is 1. The van der Waals surface area contributed by atoms with Crippen LogP contribution in [0.2, 0.25) is 0 Å². The van der Waals surface area contributed by atoms with Crippen LogP contribution in [0, 0.1) is 5.82 Å². The summed E-state index contributed by atoms with van der Waals surface area (Å²) in [7, 11) is 1.75. The molecule has 0 radical (unpaired) electrons. The van der Waals surface area contributed by atoms with Crippen LogP contribution in [0.5, 0.6) is 0 Å². The molecule has 138 valence electrons. The van der Waals surface area contributed by atoms with Crippen LogP contribution in [0.4, 0.5) is 10.1 Å². The molecule has 0 saturated heterocycles. The fourth-order valence-electron chi connectivity index (χ4n) is 2.59. The van der Waals surface area contributed by atoms with Gasteiger partial charge in [-0.1, -0.05) is 30.3 Å². The third kappa shape index (κ3) is 4.59. The van der Waals surface area contributed by atoms with E-state index in [-0.39, 0.29) is 17.6 Å². The van der Waals surface area contributed by atoms with Crippen molar-refractivity contribution >= 4 is 17.5 Å². The average Bonchev–Trinajstić information content (AvgIpc) is 3.10. The molecule has 0 fully saturated rings. The van der Waals surface area contributed by atoms with Crippen LogP contribution in [0.25, 0.3) is 0 Å². The molecule has 7 heteroatoms. The number of aryl methyl sites for hydroxylation is 1. The van der Waals surface area contributed by atoms with Crippen molar-refractivity contribution in [3.63, 3.8) is 0 Å². The van der Waals surface area contributed by atoms with Gasteiger partial charge in [-0.2, -0.15) is 0 Å². The summed E-state index contributed by atoms with van der Waals surface area (Å²) in [5, 5.41) is 2.71. The van der Waals surface area contributed by atoms with E-state index in [1.54, 1.807) is 54.2 Å². The largest absolute Gasteiger partial charge is 0.347 e. The normalized spacial score (nSPS) is 11.6. The number of nitrogens with one attached hydrogen (secondary N) is 3. The van der Waals surface area contributed by atoms with Gasteiger partial charge in [0.25, 0.3) is 5.91 Å². The molecule has 1 heterocycles. The van der Waals surface area contributed by atoms with E-state index in [0.29, 0.717) is 16.9 Å². The van der Waals surface area contributed by atoms with E-state index >= 15 is 0 Å². The number of carbonyl (C=O) groups is 2. The maximum Gasteiger partial charge on any atom is 0.282 e. The Balaban J connectivity index is 1.75. The molecular formula is C20H19FN4O2. The predicted octanol–water partition coefficient (Wildman–Crippen LogP) is 2.78. The average molecular weight is 366 g/mol. The van der Waals surface area contributed by atoms with E-state index in [0.717, 1.165) is 0 Å². The molecule has 0 aliphatic heterocycles. The molecular weight excluding hydrogens is 347 g/mol. The van der Waals surface area contributed by atoms with E-state index in [4.69, 9.17) is 0 Å². The Hall–Kier alpha value is -3.45. The molecule has 0 unspecified atom stereocenters. The second-order valence-electron chi connectivity index (χ2n) is 5.94. The molecule has 1 aromatic heterocycles. The van der Waals surface area contributed by atoms with Gasteiger partial charge in [-0.15, -0.1) is 0 Å². The SMILES string of the molecule is Cn1cccc1C(=O)NN[C@H](C(=O)Nc1ccc(F)cc1)c1ccccc1. The van der Waals surface area contributed by atoms with Gasteiger partial charge in [0.05, 0.1) is 0 Å². The van der Waals surface area contributed by atoms with E-state index in [1.165, 1.54) is 24.3 Å². The smallest absolute Gasteiger partial charge is 0.282 e. The molecule has 0 spiro atoms. The molecule has 3 aromatic rings. The van der Waals surface area contributed by atoms with Gasteiger partial charge in [0.1, 0.15) is 17.6 Å². The summed E-state index contributed by atoms with van der Waals surface area (Å²) in [6, 6.07) is 17.0. The monoisotopic (exact) mass is 366 g/mol. The lowest BCUT2D eigenvalue weighted by Gasteiger charge is -2.19. The lowest BCUT2D eigenvalue weighted by Crippen LogP contribution is -2.45. The van der Waals surface area contributed by atoms with E-state index in [9.17, 15) is 14.0 Å². The van der Waals surface area contributed by atoms with Gasteiger partial charge in [0.2, 0.25) is 5.91 Å². The van der Waals surface area contributed by atoms with Crippen LogP contribution in [0.15, 0.2) is 72.9 Å². The second-order valence-corrected chi connectivity index (χ2v) is 5.94. The van der Waals surface area contributed by atoms with E-state index in [2.05, 4.69) is 16.2 Å². The van der Waals surface area contributed by atoms with Crippen molar-refractivity contribution in [3.05, 3.63) is 90.0 Å². The maximum atomic E-state index is 13.0. The summed E-state index contributed by atoms with van der Waals surface area (Å²) in [6.45, 7) is 0. The fourth-order valence-corrected chi connectivity index (χ4v) is 2.59. The van der Waals surface area contributed by atoms with Crippen LogP contribution in [0.3, 0.4) is 0 Å². The Morgan fingerprint density at radius 2 is 1.67 bits per heavy atom. The number of halogens is 1. The Labute approximate surface area is 156 Å². The lowest BCUT2D eigenvalue weighted by molar-refractivity contribution is -0.118. The van der Waals surface area contributed by atoms with Gasteiger partial charge < -0.3 is 9.88 Å². The molecule has 0 aliphatic carbocycles. The second kappa shape index (κ2) is 8.29. The van der Waals surface area contributed by atoms with E-state index < -0.39 is 6.04 Å². The van der Waals surface area contributed by atoms with Crippen molar-refractivity contribution < 1.29 is 14.0 Å². The minimum Gasteiger partial charge on any atom is -0.347 e. The first-order chi connectivity index (χ1) is 13.0. The third-order valence-electron chi connectivity index (χ3n) is 4.01. The number of rotatable bonds is 6. The zero-order valence-electron chi connectivity index (χ0n) is 14.6. The summed E-state index contributed by atoms with van der Waals surface area (Å²) in [4.78, 5) is 25.1. The maximum absolute atomic E-state index is 13.0. The van der Waals surface area contributed by atoms with E-state index in [1.807, 2.05) is 6.07 Å². The van der Waals surface area contributed by atoms with Gasteiger partial charge in [0, 0.05) is 18.9 Å². The lowest BCUT2D eigenvalue weighted by atomic mass is 10.1. The Morgan fingerprint density at radius 1 is 0.963 bits per heavy atom. The highest BCUT2D eigenvalue weighted by atomic mass is 19.1. The first-order valence-corrected chi connectivity index (χ1v) is 8.33. The van der Waals surface area contributed by atoms with Crippen molar-refractivity contribution in [2.45, 2.75) is 6.04 Å².